The molecule has 3 rings (SSSR count). The summed E-state index contributed by atoms with van der Waals surface area (Å²) < 4.78 is 0. The van der Waals surface area contributed by atoms with Crippen molar-refractivity contribution in [2.75, 3.05) is 19.6 Å². The van der Waals surface area contributed by atoms with E-state index in [0.717, 1.165) is 19.6 Å². The first-order chi connectivity index (χ1) is 8.21. The Kier molecular flexibility index (Phi) is 4.22. The third kappa shape index (κ3) is 2.53. The number of halogens is 1. The van der Waals surface area contributed by atoms with Crippen molar-refractivity contribution in [1.82, 2.24) is 10.2 Å². The van der Waals surface area contributed by atoms with Crippen molar-refractivity contribution >= 4 is 18.3 Å². The molecule has 1 N–H and O–H groups in total. The Morgan fingerprint density at radius 1 is 1.28 bits per heavy atom. The highest BCUT2D eigenvalue weighted by molar-refractivity contribution is 5.85. The van der Waals surface area contributed by atoms with Crippen LogP contribution in [-0.4, -0.2) is 36.5 Å². The first-order valence-corrected chi connectivity index (χ1v) is 7.23. The van der Waals surface area contributed by atoms with Gasteiger partial charge in [-0.25, -0.2) is 0 Å². The summed E-state index contributed by atoms with van der Waals surface area (Å²) >= 11 is 0. The summed E-state index contributed by atoms with van der Waals surface area (Å²) in [5.41, 5.74) is 0.448. The number of nitrogens with one attached hydrogen (secondary N) is 1. The fourth-order valence-corrected chi connectivity index (χ4v) is 3.86. The monoisotopic (exact) mass is 272 g/mol. The Hall–Kier alpha value is -0.280. The maximum absolute atomic E-state index is 12.5. The molecule has 3 aliphatic rings. The average Bonchev–Trinajstić information content (AvgIpc) is 3.03. The van der Waals surface area contributed by atoms with E-state index in [2.05, 4.69) is 17.1 Å². The summed E-state index contributed by atoms with van der Waals surface area (Å²) in [7, 11) is 0. The molecular formula is C14H25ClN2O. The molecule has 1 heterocycles. The van der Waals surface area contributed by atoms with Gasteiger partial charge in [0.1, 0.15) is 0 Å². The highest BCUT2D eigenvalue weighted by Gasteiger charge is 2.58. The second-order valence-electron chi connectivity index (χ2n) is 6.32. The average molecular weight is 273 g/mol. The minimum absolute atomic E-state index is 0. The minimum Gasteiger partial charge on any atom is -0.340 e. The van der Waals surface area contributed by atoms with Crippen LogP contribution in [0.15, 0.2) is 0 Å². The molecule has 104 valence electrons. The van der Waals surface area contributed by atoms with Crippen LogP contribution >= 0.6 is 12.4 Å². The van der Waals surface area contributed by atoms with Crippen LogP contribution in [0.1, 0.15) is 45.4 Å². The molecule has 0 aromatic carbocycles. The third-order valence-electron chi connectivity index (χ3n) is 5.02. The lowest BCUT2D eigenvalue weighted by atomic mass is 9.84. The number of piperazine rings is 1. The predicted molar refractivity (Wildman–Crippen MR) is 74.9 cm³/mol. The molecule has 1 unspecified atom stereocenters. The van der Waals surface area contributed by atoms with Gasteiger partial charge in [-0.3, -0.25) is 4.79 Å². The van der Waals surface area contributed by atoms with Crippen molar-refractivity contribution in [2.45, 2.75) is 51.5 Å². The summed E-state index contributed by atoms with van der Waals surface area (Å²) in [6.07, 6.45) is 7.89. The quantitative estimate of drug-likeness (QED) is 0.794. The number of hydrogen-bond acceptors (Lipinski definition) is 2. The molecule has 0 aromatic rings. The summed E-state index contributed by atoms with van der Waals surface area (Å²) in [4.78, 5) is 14.6. The van der Waals surface area contributed by atoms with Crippen molar-refractivity contribution in [2.24, 2.45) is 11.3 Å². The lowest BCUT2D eigenvalue weighted by Crippen LogP contribution is -2.52. The zero-order valence-corrected chi connectivity index (χ0v) is 12.1. The first kappa shape index (κ1) is 14.1. The molecule has 4 heteroatoms. The van der Waals surface area contributed by atoms with E-state index >= 15 is 0 Å². The summed E-state index contributed by atoms with van der Waals surface area (Å²) in [5, 5.41) is 3.40. The summed E-state index contributed by atoms with van der Waals surface area (Å²) in [6, 6.07) is 0.466. The maximum Gasteiger partial charge on any atom is 0.226 e. The Labute approximate surface area is 116 Å². The minimum atomic E-state index is 0. The molecule has 1 amide bonds. The van der Waals surface area contributed by atoms with Gasteiger partial charge in [-0.1, -0.05) is 19.3 Å². The lowest BCUT2D eigenvalue weighted by Gasteiger charge is -2.33. The second kappa shape index (κ2) is 5.38. The molecule has 1 spiro atoms. The van der Waals surface area contributed by atoms with Crippen LogP contribution < -0.4 is 5.32 Å². The maximum atomic E-state index is 12.5. The molecule has 2 aliphatic carbocycles. The van der Waals surface area contributed by atoms with Gasteiger partial charge in [0, 0.05) is 31.6 Å². The van der Waals surface area contributed by atoms with E-state index in [1.54, 1.807) is 0 Å². The van der Waals surface area contributed by atoms with E-state index in [-0.39, 0.29) is 12.4 Å². The molecule has 2 atom stereocenters. The molecule has 1 saturated heterocycles. The van der Waals surface area contributed by atoms with Gasteiger partial charge >= 0.3 is 0 Å². The molecule has 0 aromatic heterocycles. The number of carbonyl (C=O) groups is 1. The number of carbonyl (C=O) groups excluding carboxylic acids is 1. The van der Waals surface area contributed by atoms with E-state index < -0.39 is 0 Å². The van der Waals surface area contributed by atoms with Crippen molar-refractivity contribution in [3.8, 4) is 0 Å². The highest BCUT2D eigenvalue weighted by Crippen LogP contribution is 2.61. The summed E-state index contributed by atoms with van der Waals surface area (Å²) in [5.74, 6) is 0.841. The van der Waals surface area contributed by atoms with Crippen LogP contribution in [0.5, 0.6) is 0 Å². The van der Waals surface area contributed by atoms with E-state index in [1.165, 1.54) is 38.5 Å². The van der Waals surface area contributed by atoms with E-state index in [1.807, 2.05) is 0 Å². The van der Waals surface area contributed by atoms with Gasteiger partial charge in [-0.15, -0.1) is 12.4 Å². The predicted octanol–water partition coefficient (Wildman–Crippen LogP) is 2.20. The van der Waals surface area contributed by atoms with Gasteiger partial charge in [-0.2, -0.15) is 0 Å². The van der Waals surface area contributed by atoms with Crippen LogP contribution in [0.3, 0.4) is 0 Å². The fourth-order valence-electron chi connectivity index (χ4n) is 3.86. The molecule has 18 heavy (non-hydrogen) atoms. The van der Waals surface area contributed by atoms with E-state index in [4.69, 9.17) is 0 Å². The molecule has 3 fully saturated rings. The lowest BCUT2D eigenvalue weighted by molar-refractivity contribution is -0.134. The van der Waals surface area contributed by atoms with Crippen molar-refractivity contribution in [3.05, 3.63) is 0 Å². The van der Waals surface area contributed by atoms with Crippen LogP contribution in [0.4, 0.5) is 0 Å². The van der Waals surface area contributed by atoms with E-state index in [0.29, 0.717) is 23.3 Å². The Balaban J connectivity index is 0.00000120. The molecule has 0 radical (unpaired) electrons. The molecule has 1 aliphatic heterocycles. The molecule has 0 bridgehead atoms. The largest absolute Gasteiger partial charge is 0.340 e. The van der Waals surface area contributed by atoms with Crippen molar-refractivity contribution in [3.63, 3.8) is 0 Å². The smallest absolute Gasteiger partial charge is 0.226 e. The standard InChI is InChI=1S/C14H24N2O.ClH/c1-11-10-16(8-7-15-11)13(17)12-9-14(12)5-3-2-4-6-14;/h11-12,15H,2-10H2,1H3;1H/t11-,12?;/m1./s1. The van der Waals surface area contributed by atoms with Gasteiger partial charge < -0.3 is 10.2 Å². The topological polar surface area (TPSA) is 32.3 Å². The Morgan fingerprint density at radius 2 is 2.00 bits per heavy atom. The van der Waals surface area contributed by atoms with Gasteiger partial charge in [0.05, 0.1) is 0 Å². The van der Waals surface area contributed by atoms with Gasteiger partial charge in [-0.05, 0) is 31.6 Å². The van der Waals surface area contributed by atoms with Crippen LogP contribution in [-0.2, 0) is 4.79 Å². The van der Waals surface area contributed by atoms with Crippen molar-refractivity contribution in [1.29, 1.82) is 0 Å². The summed E-state index contributed by atoms with van der Waals surface area (Å²) in [6.45, 7) is 4.95. The number of amides is 1. The molecular weight excluding hydrogens is 248 g/mol. The number of nitrogens with zero attached hydrogens (tertiary/aromatic N) is 1. The number of hydrogen-bond donors (Lipinski definition) is 1. The van der Waals surface area contributed by atoms with Gasteiger partial charge in [0.15, 0.2) is 0 Å². The Morgan fingerprint density at radius 3 is 2.67 bits per heavy atom. The zero-order valence-electron chi connectivity index (χ0n) is 11.3. The van der Waals surface area contributed by atoms with Crippen LogP contribution in [0.2, 0.25) is 0 Å². The van der Waals surface area contributed by atoms with Crippen molar-refractivity contribution < 1.29 is 4.79 Å². The Bertz CT molecular complexity index is 315. The highest BCUT2D eigenvalue weighted by atomic mass is 35.5. The van der Waals surface area contributed by atoms with E-state index in [9.17, 15) is 4.79 Å². The number of rotatable bonds is 1. The van der Waals surface area contributed by atoms with Crippen LogP contribution in [0.25, 0.3) is 0 Å². The molecule has 2 saturated carbocycles. The zero-order chi connectivity index (χ0) is 11.9. The van der Waals surface area contributed by atoms with Gasteiger partial charge in [0.25, 0.3) is 0 Å². The molecule has 3 nitrogen and oxygen atoms in total. The third-order valence-corrected chi connectivity index (χ3v) is 5.02. The van der Waals surface area contributed by atoms with Crippen LogP contribution in [0, 0.1) is 11.3 Å². The fraction of sp³-hybridized carbons (Fsp3) is 0.929. The van der Waals surface area contributed by atoms with Gasteiger partial charge in [0.2, 0.25) is 5.91 Å². The first-order valence-electron chi connectivity index (χ1n) is 7.23. The normalized spacial score (nSPS) is 33.9. The SMILES string of the molecule is C[C@@H]1CN(C(=O)C2CC23CCCCC3)CCN1.Cl. The second-order valence-corrected chi connectivity index (χ2v) is 6.32.